The molecule has 3 heterocycles. The summed E-state index contributed by atoms with van der Waals surface area (Å²) in [7, 11) is 0. The molecular formula is C26H30FN7. The van der Waals surface area contributed by atoms with Crippen molar-refractivity contribution in [2.24, 2.45) is 0 Å². The van der Waals surface area contributed by atoms with Crippen LogP contribution in [0.5, 0.6) is 0 Å². The first-order valence-electron chi connectivity index (χ1n) is 11.7. The van der Waals surface area contributed by atoms with Crippen LogP contribution in [0.15, 0.2) is 42.7 Å². The average Bonchev–Trinajstić information content (AvgIpc) is 3.26. The van der Waals surface area contributed by atoms with Crippen LogP contribution in [0.3, 0.4) is 0 Å². The minimum Gasteiger partial charge on any atom is -0.351 e. The molecule has 0 bridgehead atoms. The summed E-state index contributed by atoms with van der Waals surface area (Å²) in [5.74, 6) is 1.11. The van der Waals surface area contributed by atoms with Crippen molar-refractivity contribution in [3.8, 4) is 0 Å². The van der Waals surface area contributed by atoms with Crippen LogP contribution >= 0.6 is 0 Å². The van der Waals surface area contributed by atoms with E-state index in [1.165, 1.54) is 22.8 Å². The highest BCUT2D eigenvalue weighted by molar-refractivity contribution is 5.87. The van der Waals surface area contributed by atoms with Gasteiger partial charge in [0.2, 0.25) is 5.95 Å². The zero-order chi connectivity index (χ0) is 23.7. The first kappa shape index (κ1) is 22.3. The van der Waals surface area contributed by atoms with E-state index in [4.69, 9.17) is 4.98 Å². The van der Waals surface area contributed by atoms with Crippen molar-refractivity contribution in [1.82, 2.24) is 24.8 Å². The minimum absolute atomic E-state index is 0.180. The molecule has 176 valence electrons. The minimum atomic E-state index is -0.180. The van der Waals surface area contributed by atoms with E-state index in [-0.39, 0.29) is 11.9 Å². The largest absolute Gasteiger partial charge is 0.351 e. The highest BCUT2D eigenvalue weighted by atomic mass is 19.1. The zero-order valence-electron chi connectivity index (χ0n) is 19.8. The number of aromatic amines is 1. The number of nitrogens with zero attached hydrogens (tertiary/aromatic N) is 4. The fourth-order valence-electron chi connectivity index (χ4n) is 4.80. The van der Waals surface area contributed by atoms with Crippen LogP contribution in [0, 0.1) is 26.6 Å². The van der Waals surface area contributed by atoms with Gasteiger partial charge in [0, 0.05) is 31.4 Å². The number of nitrogens with one attached hydrogen (secondary N) is 3. The number of benzene rings is 2. The summed E-state index contributed by atoms with van der Waals surface area (Å²) in [6.45, 7) is 8.95. The van der Waals surface area contributed by atoms with Crippen molar-refractivity contribution < 1.29 is 4.39 Å². The van der Waals surface area contributed by atoms with Gasteiger partial charge in [0.15, 0.2) is 11.5 Å². The number of halogens is 1. The number of H-pyrrole nitrogens is 1. The Morgan fingerprint density at radius 3 is 2.56 bits per heavy atom. The highest BCUT2D eigenvalue weighted by Gasteiger charge is 2.21. The number of fused-ring (bicyclic) bond motifs is 1. The molecule has 0 amide bonds. The molecule has 34 heavy (non-hydrogen) atoms. The monoisotopic (exact) mass is 459 g/mol. The van der Waals surface area contributed by atoms with Crippen molar-refractivity contribution >= 4 is 28.6 Å². The first-order valence-corrected chi connectivity index (χ1v) is 11.7. The van der Waals surface area contributed by atoms with Gasteiger partial charge >= 0.3 is 0 Å². The lowest BCUT2D eigenvalue weighted by Gasteiger charge is -2.32. The van der Waals surface area contributed by atoms with Gasteiger partial charge in [-0.3, -0.25) is 4.90 Å². The molecule has 1 saturated heterocycles. The molecule has 0 radical (unpaired) electrons. The van der Waals surface area contributed by atoms with Gasteiger partial charge in [-0.2, -0.15) is 9.97 Å². The standard InChI is InChI=1S/C26H30FN7/c1-16-11-17(2)22(18(3)12-16)31-25-23-24(29-15-28-23)32-26(33-25)30-21-7-9-34(10-8-21)14-19-5-4-6-20(27)13-19/h4-6,11-13,15,21H,7-10,14H2,1-3H3,(H3,28,29,30,31,32,33). The van der Waals surface area contributed by atoms with E-state index in [2.05, 4.69) is 63.4 Å². The maximum Gasteiger partial charge on any atom is 0.227 e. The number of rotatable bonds is 6. The smallest absolute Gasteiger partial charge is 0.227 e. The number of likely N-dealkylation sites (tertiary alicyclic amines) is 1. The van der Waals surface area contributed by atoms with Crippen LogP contribution in [0.2, 0.25) is 0 Å². The van der Waals surface area contributed by atoms with Gasteiger partial charge < -0.3 is 15.6 Å². The average molecular weight is 460 g/mol. The van der Waals surface area contributed by atoms with E-state index >= 15 is 0 Å². The molecule has 0 atom stereocenters. The lowest BCUT2D eigenvalue weighted by atomic mass is 10.0. The van der Waals surface area contributed by atoms with E-state index in [0.717, 1.165) is 49.2 Å². The van der Waals surface area contributed by atoms with Crippen molar-refractivity contribution in [1.29, 1.82) is 0 Å². The number of imidazole rings is 1. The van der Waals surface area contributed by atoms with E-state index in [0.29, 0.717) is 17.4 Å². The van der Waals surface area contributed by atoms with Crippen LogP contribution in [-0.4, -0.2) is 44.0 Å². The van der Waals surface area contributed by atoms with Gasteiger partial charge in [-0.15, -0.1) is 0 Å². The Hall–Kier alpha value is -3.52. The zero-order valence-corrected chi connectivity index (χ0v) is 19.8. The van der Waals surface area contributed by atoms with Crippen LogP contribution < -0.4 is 10.6 Å². The Labute approximate surface area is 198 Å². The second kappa shape index (κ2) is 9.38. The maximum absolute atomic E-state index is 13.5. The van der Waals surface area contributed by atoms with Gasteiger partial charge in [0.1, 0.15) is 11.3 Å². The Kier molecular flexibility index (Phi) is 6.15. The highest BCUT2D eigenvalue weighted by Crippen LogP contribution is 2.29. The molecule has 3 N–H and O–H groups in total. The van der Waals surface area contributed by atoms with Crippen LogP contribution in [0.25, 0.3) is 11.2 Å². The van der Waals surface area contributed by atoms with Gasteiger partial charge in [-0.05, 0) is 62.4 Å². The molecule has 2 aromatic carbocycles. The van der Waals surface area contributed by atoms with Crippen molar-refractivity contribution in [3.63, 3.8) is 0 Å². The summed E-state index contributed by atoms with van der Waals surface area (Å²) in [5.41, 5.74) is 7.06. The normalized spacial score (nSPS) is 15.1. The molecule has 5 rings (SSSR count). The molecule has 0 spiro atoms. The van der Waals surface area contributed by atoms with E-state index < -0.39 is 0 Å². The second-order valence-corrected chi connectivity index (χ2v) is 9.22. The second-order valence-electron chi connectivity index (χ2n) is 9.22. The predicted octanol–water partition coefficient (Wildman–Crippen LogP) is 5.24. The molecule has 1 aliphatic heterocycles. The quantitative estimate of drug-likeness (QED) is 0.366. The van der Waals surface area contributed by atoms with Crippen molar-refractivity contribution in [2.45, 2.75) is 46.2 Å². The summed E-state index contributed by atoms with van der Waals surface area (Å²) in [4.78, 5) is 19.3. The van der Waals surface area contributed by atoms with Gasteiger partial charge in [0.05, 0.1) is 6.33 Å². The SMILES string of the molecule is Cc1cc(C)c(Nc2nc(NC3CCN(Cc4cccc(F)c4)CC3)nc3nc[nH]c23)c(C)c1. The van der Waals surface area contributed by atoms with Gasteiger partial charge in [-0.25, -0.2) is 9.37 Å². The molecule has 0 aliphatic carbocycles. The Bertz CT molecular complexity index is 1280. The fourth-order valence-corrected chi connectivity index (χ4v) is 4.80. The molecular weight excluding hydrogens is 429 g/mol. The number of aromatic nitrogens is 4. The molecule has 0 unspecified atom stereocenters. The fraction of sp³-hybridized carbons (Fsp3) is 0.346. The molecule has 4 aromatic rings. The lowest BCUT2D eigenvalue weighted by Crippen LogP contribution is -2.39. The Morgan fingerprint density at radius 2 is 1.82 bits per heavy atom. The van der Waals surface area contributed by atoms with Gasteiger partial charge in [-0.1, -0.05) is 29.8 Å². The predicted molar refractivity (Wildman–Crippen MR) is 134 cm³/mol. The summed E-state index contributed by atoms with van der Waals surface area (Å²) < 4.78 is 13.5. The molecule has 1 fully saturated rings. The number of hydrogen-bond acceptors (Lipinski definition) is 6. The topological polar surface area (TPSA) is 81.8 Å². The van der Waals surface area contributed by atoms with E-state index in [9.17, 15) is 4.39 Å². The third-order valence-corrected chi connectivity index (χ3v) is 6.42. The molecule has 0 saturated carbocycles. The molecule has 8 heteroatoms. The summed E-state index contributed by atoms with van der Waals surface area (Å²) >= 11 is 0. The number of piperidine rings is 1. The number of anilines is 3. The summed E-state index contributed by atoms with van der Waals surface area (Å²) in [6, 6.07) is 11.5. The molecule has 1 aliphatic rings. The molecule has 7 nitrogen and oxygen atoms in total. The van der Waals surface area contributed by atoms with Crippen LogP contribution in [0.4, 0.5) is 21.8 Å². The number of aryl methyl sites for hydroxylation is 3. The third kappa shape index (κ3) is 4.87. The van der Waals surface area contributed by atoms with E-state index in [1.54, 1.807) is 18.5 Å². The Balaban J connectivity index is 1.29. The summed E-state index contributed by atoms with van der Waals surface area (Å²) in [6.07, 6.45) is 3.58. The van der Waals surface area contributed by atoms with Crippen molar-refractivity contribution in [3.05, 3.63) is 70.8 Å². The van der Waals surface area contributed by atoms with E-state index in [1.807, 2.05) is 6.07 Å². The van der Waals surface area contributed by atoms with Crippen LogP contribution in [-0.2, 0) is 6.54 Å². The number of hydrogen-bond donors (Lipinski definition) is 3. The lowest BCUT2D eigenvalue weighted by molar-refractivity contribution is 0.211. The van der Waals surface area contributed by atoms with Gasteiger partial charge in [0.25, 0.3) is 0 Å². The van der Waals surface area contributed by atoms with Crippen LogP contribution in [0.1, 0.15) is 35.1 Å². The summed E-state index contributed by atoms with van der Waals surface area (Å²) in [5, 5.41) is 7.03. The Morgan fingerprint density at radius 1 is 1.06 bits per heavy atom. The molecule has 2 aromatic heterocycles. The first-order chi connectivity index (χ1) is 16.4. The maximum atomic E-state index is 13.5. The van der Waals surface area contributed by atoms with Crippen molar-refractivity contribution in [2.75, 3.05) is 23.7 Å². The third-order valence-electron chi connectivity index (χ3n) is 6.42.